The van der Waals surface area contributed by atoms with Gasteiger partial charge >= 0.3 is 11.9 Å². The van der Waals surface area contributed by atoms with Gasteiger partial charge in [-0.15, -0.1) is 0 Å². The average Bonchev–Trinajstić information content (AvgIpc) is 3.67. The zero-order chi connectivity index (χ0) is 30.8. The number of hydrogen-bond donors (Lipinski definition) is 1. The van der Waals surface area contributed by atoms with Gasteiger partial charge in [-0.1, -0.05) is 47.6 Å². The minimum absolute atomic E-state index is 0.0101. The number of nitrogens with one attached hydrogen (secondary N) is 1. The number of esters is 2. The van der Waals surface area contributed by atoms with E-state index >= 15 is 0 Å². The molecular formula is C32H37N3O8. The lowest BCUT2D eigenvalue weighted by Gasteiger charge is -2.28. The maximum absolute atomic E-state index is 13.3. The lowest BCUT2D eigenvalue weighted by molar-refractivity contribution is -0.168. The largest absolute Gasteiger partial charge is 0.489 e. The Hall–Kier alpha value is -4.67. The highest BCUT2D eigenvalue weighted by atomic mass is 16.6. The van der Waals surface area contributed by atoms with Crippen LogP contribution >= 0.6 is 0 Å². The first-order valence-electron chi connectivity index (χ1n) is 14.4. The van der Waals surface area contributed by atoms with Gasteiger partial charge in [0.15, 0.2) is 0 Å². The molecule has 1 unspecified atom stereocenters. The van der Waals surface area contributed by atoms with Gasteiger partial charge in [-0.25, -0.2) is 9.59 Å². The number of likely N-dealkylation sites (tertiary alicyclic amines) is 1. The molecule has 0 aliphatic carbocycles. The molecule has 11 nitrogen and oxygen atoms in total. The molecular weight excluding hydrogens is 554 g/mol. The van der Waals surface area contributed by atoms with Crippen LogP contribution in [-0.4, -0.2) is 59.1 Å². The molecule has 0 radical (unpaired) electrons. The van der Waals surface area contributed by atoms with Crippen LogP contribution in [0.4, 0.5) is 0 Å². The molecule has 1 N–H and O–H groups in total. The molecule has 2 heterocycles. The number of hydrogen-bond acceptors (Lipinski definition) is 9. The van der Waals surface area contributed by atoms with Crippen LogP contribution in [0.25, 0.3) is 0 Å². The van der Waals surface area contributed by atoms with E-state index < -0.39 is 23.4 Å². The minimum Gasteiger partial charge on any atom is -0.489 e. The Morgan fingerprint density at radius 3 is 2.28 bits per heavy atom. The lowest BCUT2D eigenvalue weighted by Crippen LogP contribution is -2.62. The second-order valence-corrected chi connectivity index (χ2v) is 10.3. The van der Waals surface area contributed by atoms with Crippen LogP contribution in [0.15, 0.2) is 65.2 Å². The first-order valence-corrected chi connectivity index (χ1v) is 14.4. The van der Waals surface area contributed by atoms with E-state index in [0.29, 0.717) is 25.3 Å². The van der Waals surface area contributed by atoms with Crippen molar-refractivity contribution in [2.45, 2.75) is 64.6 Å². The van der Waals surface area contributed by atoms with Crippen molar-refractivity contribution >= 4 is 23.8 Å². The van der Waals surface area contributed by atoms with Crippen molar-refractivity contribution in [1.29, 1.82) is 0 Å². The summed E-state index contributed by atoms with van der Waals surface area (Å²) in [6.45, 7) is 5.37. The Labute approximate surface area is 250 Å². The topological polar surface area (TPSA) is 137 Å². The predicted molar refractivity (Wildman–Crippen MR) is 155 cm³/mol. The van der Waals surface area contributed by atoms with E-state index in [1.54, 1.807) is 24.8 Å². The molecule has 1 saturated heterocycles. The summed E-state index contributed by atoms with van der Waals surface area (Å²) in [7, 11) is 0. The molecule has 1 aliphatic rings. The summed E-state index contributed by atoms with van der Waals surface area (Å²) in [5, 5.41) is 6.58. The summed E-state index contributed by atoms with van der Waals surface area (Å²) in [6, 6.07) is 18.6. The third kappa shape index (κ3) is 7.79. The number of aromatic nitrogens is 1. The molecule has 2 aromatic carbocycles. The zero-order valence-corrected chi connectivity index (χ0v) is 24.7. The van der Waals surface area contributed by atoms with Crippen molar-refractivity contribution in [3.8, 4) is 5.75 Å². The van der Waals surface area contributed by atoms with Gasteiger partial charge in [-0.05, 0) is 49.9 Å². The second-order valence-electron chi connectivity index (χ2n) is 10.3. The smallest absolute Gasteiger partial charge is 0.344 e. The van der Waals surface area contributed by atoms with Crippen molar-refractivity contribution in [1.82, 2.24) is 15.4 Å². The summed E-state index contributed by atoms with van der Waals surface area (Å²) < 4.78 is 21.6. The number of nitrogens with zero attached hydrogens (tertiary/aromatic N) is 2. The fourth-order valence-corrected chi connectivity index (χ4v) is 5.11. The van der Waals surface area contributed by atoms with Crippen LogP contribution in [0, 0.1) is 0 Å². The zero-order valence-electron chi connectivity index (χ0n) is 24.7. The highest BCUT2D eigenvalue weighted by Crippen LogP contribution is 2.33. The van der Waals surface area contributed by atoms with Crippen molar-refractivity contribution in [2.75, 3.05) is 19.8 Å². The van der Waals surface area contributed by atoms with Crippen molar-refractivity contribution in [2.24, 2.45) is 0 Å². The van der Waals surface area contributed by atoms with E-state index in [9.17, 15) is 19.2 Å². The maximum atomic E-state index is 13.3. The Morgan fingerprint density at radius 2 is 1.65 bits per heavy atom. The molecule has 11 heteroatoms. The SMILES string of the molecule is CCOC(=O)C(Cc1cc(C2CCCN2C(=O)Cc2ccc(OCc3ccccc3)cc2)no1)(NC(C)=O)C(=O)OCC. The molecule has 1 atom stereocenters. The number of carbonyl (C=O) groups is 4. The van der Waals surface area contributed by atoms with Crippen molar-refractivity contribution in [3.05, 3.63) is 83.2 Å². The van der Waals surface area contributed by atoms with Crippen LogP contribution in [0.3, 0.4) is 0 Å². The van der Waals surface area contributed by atoms with Crippen LogP contribution in [-0.2, 0) is 48.1 Å². The quantitative estimate of drug-likeness (QED) is 0.233. The molecule has 1 fully saturated rings. The third-order valence-corrected chi connectivity index (χ3v) is 7.10. The molecule has 0 saturated carbocycles. The average molecular weight is 592 g/mol. The van der Waals surface area contributed by atoms with E-state index in [2.05, 4.69) is 10.5 Å². The number of amides is 2. The van der Waals surface area contributed by atoms with Gasteiger partial charge in [-0.2, -0.15) is 0 Å². The number of carbonyl (C=O) groups excluding carboxylic acids is 4. The lowest BCUT2D eigenvalue weighted by atomic mass is 9.93. The number of rotatable bonds is 13. The first kappa shape index (κ1) is 31.3. The maximum Gasteiger partial charge on any atom is 0.344 e. The normalized spacial score (nSPS) is 14.7. The Balaban J connectivity index is 1.44. The molecule has 2 amide bonds. The summed E-state index contributed by atoms with van der Waals surface area (Å²) in [5.74, 6) is -1.73. The highest BCUT2D eigenvalue weighted by molar-refractivity contribution is 6.08. The van der Waals surface area contributed by atoms with Crippen LogP contribution in [0.2, 0.25) is 0 Å². The molecule has 43 heavy (non-hydrogen) atoms. The van der Waals surface area contributed by atoms with Gasteiger partial charge in [0.25, 0.3) is 0 Å². The van der Waals surface area contributed by atoms with Crippen molar-refractivity contribution < 1.29 is 37.9 Å². The number of benzene rings is 2. The van der Waals surface area contributed by atoms with Gasteiger partial charge in [0.2, 0.25) is 17.4 Å². The van der Waals surface area contributed by atoms with Gasteiger partial charge in [0, 0.05) is 19.5 Å². The Morgan fingerprint density at radius 1 is 0.977 bits per heavy atom. The van der Waals surface area contributed by atoms with E-state index in [1.807, 2.05) is 54.6 Å². The van der Waals surface area contributed by atoms with E-state index in [4.69, 9.17) is 18.7 Å². The fourth-order valence-electron chi connectivity index (χ4n) is 5.11. The van der Waals surface area contributed by atoms with Gasteiger partial charge in [-0.3, -0.25) is 9.59 Å². The summed E-state index contributed by atoms with van der Waals surface area (Å²) in [5.41, 5.74) is 0.277. The third-order valence-electron chi connectivity index (χ3n) is 7.10. The predicted octanol–water partition coefficient (Wildman–Crippen LogP) is 3.70. The number of ether oxygens (including phenoxy) is 3. The fraction of sp³-hybridized carbons (Fsp3) is 0.406. The molecule has 3 aromatic rings. The Kier molecular flexibility index (Phi) is 10.5. The van der Waals surface area contributed by atoms with E-state index in [-0.39, 0.29) is 43.8 Å². The van der Waals surface area contributed by atoms with Crippen LogP contribution in [0.1, 0.15) is 62.2 Å². The summed E-state index contributed by atoms with van der Waals surface area (Å²) in [4.78, 5) is 53.1. The Bertz CT molecular complexity index is 1390. The van der Waals surface area contributed by atoms with E-state index in [1.165, 1.54) is 6.92 Å². The summed E-state index contributed by atoms with van der Waals surface area (Å²) in [6.07, 6.45) is 1.30. The standard InChI is InChI=1S/C32H37N3O8/c1-4-40-30(38)32(33-22(3)36,31(39)41-5-2)20-26-19-27(34-43-26)28-12-9-17-35(28)29(37)18-23-13-15-25(16-14-23)42-21-24-10-7-6-8-11-24/h6-8,10-11,13-16,19,28H,4-5,9,12,17-18,20-21H2,1-3H3,(H,33,36). The molecule has 4 rings (SSSR count). The van der Waals surface area contributed by atoms with Crippen molar-refractivity contribution in [3.63, 3.8) is 0 Å². The molecule has 0 spiro atoms. The molecule has 0 bridgehead atoms. The van der Waals surface area contributed by atoms with Crippen LogP contribution < -0.4 is 10.1 Å². The highest BCUT2D eigenvalue weighted by Gasteiger charge is 2.51. The molecule has 1 aliphatic heterocycles. The van der Waals surface area contributed by atoms with E-state index in [0.717, 1.165) is 23.3 Å². The first-order chi connectivity index (χ1) is 20.8. The molecule has 228 valence electrons. The van der Waals surface area contributed by atoms with Gasteiger partial charge in [0.05, 0.1) is 32.1 Å². The monoisotopic (exact) mass is 591 g/mol. The van der Waals surface area contributed by atoms with Crippen LogP contribution in [0.5, 0.6) is 5.75 Å². The second kappa shape index (κ2) is 14.5. The van der Waals surface area contributed by atoms with Gasteiger partial charge < -0.3 is 29.0 Å². The minimum atomic E-state index is -2.14. The van der Waals surface area contributed by atoms with Gasteiger partial charge in [0.1, 0.15) is 23.8 Å². The summed E-state index contributed by atoms with van der Waals surface area (Å²) >= 11 is 0. The molecule has 1 aromatic heterocycles.